The summed E-state index contributed by atoms with van der Waals surface area (Å²) >= 11 is 1.41. The Hall–Kier alpha value is -2.34. The number of nitrogens with zero attached hydrogens (tertiary/aromatic N) is 1. The third-order valence-electron chi connectivity index (χ3n) is 3.20. The van der Waals surface area contributed by atoms with E-state index < -0.39 is 23.4 Å². The van der Waals surface area contributed by atoms with Crippen LogP contribution in [0.4, 0.5) is 14.9 Å². The van der Waals surface area contributed by atoms with Crippen LogP contribution in [0.1, 0.15) is 31.1 Å². The smallest absolute Gasteiger partial charge is 0.422 e. The molecule has 0 saturated carbocycles. The zero-order valence-corrected chi connectivity index (χ0v) is 15.4. The molecular weight excluding hydrogens is 341 g/mol. The van der Waals surface area contributed by atoms with E-state index in [2.05, 4.69) is 0 Å². The first-order chi connectivity index (χ1) is 11.7. The molecule has 0 heterocycles. The molecule has 0 aliphatic carbocycles. The molecule has 0 N–H and O–H groups in total. The lowest BCUT2D eigenvalue weighted by atomic mass is 10.1. The average Bonchev–Trinajstić information content (AvgIpc) is 2.54. The minimum Gasteiger partial charge on any atom is -0.443 e. The molecule has 2 aromatic rings. The van der Waals surface area contributed by atoms with Crippen molar-refractivity contribution in [3.8, 4) is 0 Å². The van der Waals surface area contributed by atoms with Crippen LogP contribution in [0.3, 0.4) is 0 Å². The van der Waals surface area contributed by atoms with E-state index in [-0.39, 0.29) is 5.56 Å². The van der Waals surface area contributed by atoms with Gasteiger partial charge in [-0.05, 0) is 63.4 Å². The van der Waals surface area contributed by atoms with Crippen LogP contribution in [0.15, 0.2) is 53.4 Å². The van der Waals surface area contributed by atoms with E-state index in [4.69, 9.17) is 4.74 Å². The first kappa shape index (κ1) is 19.0. The number of halogens is 1. The fraction of sp³-hybridized carbons (Fsp3) is 0.263. The van der Waals surface area contributed by atoms with Crippen LogP contribution in [0.25, 0.3) is 0 Å². The van der Waals surface area contributed by atoms with Gasteiger partial charge in [0, 0.05) is 10.5 Å². The molecule has 0 spiro atoms. The van der Waals surface area contributed by atoms with Gasteiger partial charge in [-0.25, -0.2) is 14.1 Å². The predicted molar refractivity (Wildman–Crippen MR) is 97.7 cm³/mol. The van der Waals surface area contributed by atoms with Gasteiger partial charge in [0.2, 0.25) is 0 Å². The third-order valence-corrected chi connectivity index (χ3v) is 3.98. The van der Waals surface area contributed by atoms with Crippen molar-refractivity contribution < 1.29 is 18.7 Å². The van der Waals surface area contributed by atoms with Crippen molar-refractivity contribution >= 4 is 29.4 Å². The van der Waals surface area contributed by atoms with Crippen molar-refractivity contribution in [2.45, 2.75) is 31.3 Å². The number of amides is 2. The largest absolute Gasteiger partial charge is 0.443 e. The third kappa shape index (κ3) is 4.82. The standard InChI is InChI=1S/C19H20FNO3S/c1-19(2,3)24-18(23)21(15-7-5-6-8-16(15)25-4)17(22)13-9-11-14(20)12-10-13/h5-12H,1-4H3. The number of ether oxygens (including phenoxy) is 1. The summed E-state index contributed by atoms with van der Waals surface area (Å²) in [5, 5.41) is 0. The number of imide groups is 1. The van der Waals surface area contributed by atoms with Gasteiger partial charge in [-0.15, -0.1) is 11.8 Å². The summed E-state index contributed by atoms with van der Waals surface area (Å²) in [6.45, 7) is 5.18. The molecular formula is C19H20FNO3S. The summed E-state index contributed by atoms with van der Waals surface area (Å²) in [4.78, 5) is 27.4. The Kier molecular flexibility index (Phi) is 5.85. The second-order valence-electron chi connectivity index (χ2n) is 6.30. The highest BCUT2D eigenvalue weighted by Gasteiger charge is 2.31. The molecule has 2 aromatic carbocycles. The summed E-state index contributed by atoms with van der Waals surface area (Å²) < 4.78 is 18.6. The maximum Gasteiger partial charge on any atom is 0.422 e. The Bertz CT molecular complexity index is 769. The molecule has 4 nitrogen and oxygen atoms in total. The molecule has 0 saturated heterocycles. The average molecular weight is 361 g/mol. The number of benzene rings is 2. The number of carbonyl (C=O) groups excluding carboxylic acids is 2. The van der Waals surface area contributed by atoms with Crippen LogP contribution >= 0.6 is 11.8 Å². The van der Waals surface area contributed by atoms with Gasteiger partial charge in [0.05, 0.1) is 5.69 Å². The molecule has 0 bridgehead atoms. The molecule has 0 aliphatic heterocycles. The van der Waals surface area contributed by atoms with Crippen molar-refractivity contribution in [2.75, 3.05) is 11.2 Å². The number of thioether (sulfide) groups is 1. The molecule has 2 amide bonds. The maximum absolute atomic E-state index is 13.2. The summed E-state index contributed by atoms with van der Waals surface area (Å²) in [5.74, 6) is -1.03. The number of rotatable bonds is 3. The minimum atomic E-state index is -0.775. The number of anilines is 1. The van der Waals surface area contributed by atoms with Crippen LogP contribution < -0.4 is 4.90 Å². The van der Waals surface area contributed by atoms with Crippen molar-refractivity contribution in [3.63, 3.8) is 0 Å². The van der Waals surface area contributed by atoms with E-state index >= 15 is 0 Å². The van der Waals surface area contributed by atoms with E-state index in [1.54, 1.807) is 32.9 Å². The lowest BCUT2D eigenvalue weighted by Crippen LogP contribution is -2.41. The highest BCUT2D eigenvalue weighted by Crippen LogP contribution is 2.30. The van der Waals surface area contributed by atoms with Gasteiger partial charge in [-0.3, -0.25) is 4.79 Å². The summed E-state index contributed by atoms with van der Waals surface area (Å²) in [7, 11) is 0. The Labute approximate surface area is 151 Å². The minimum absolute atomic E-state index is 0.197. The lowest BCUT2D eigenvalue weighted by molar-refractivity contribution is 0.0563. The predicted octanol–water partition coefficient (Wildman–Crippen LogP) is 5.13. The van der Waals surface area contributed by atoms with Gasteiger partial charge in [-0.1, -0.05) is 12.1 Å². The first-order valence-corrected chi connectivity index (χ1v) is 8.91. The molecule has 0 unspecified atom stereocenters. The quantitative estimate of drug-likeness (QED) is 0.711. The molecule has 0 atom stereocenters. The highest BCUT2D eigenvalue weighted by molar-refractivity contribution is 7.98. The molecule has 6 heteroatoms. The van der Waals surface area contributed by atoms with Gasteiger partial charge in [0.1, 0.15) is 11.4 Å². The fourth-order valence-corrected chi connectivity index (χ4v) is 2.72. The van der Waals surface area contributed by atoms with E-state index in [9.17, 15) is 14.0 Å². The first-order valence-electron chi connectivity index (χ1n) is 7.69. The summed E-state index contributed by atoms with van der Waals surface area (Å²) in [6.07, 6.45) is 1.08. The lowest BCUT2D eigenvalue weighted by Gasteiger charge is -2.27. The fourth-order valence-electron chi connectivity index (χ4n) is 2.13. The summed E-state index contributed by atoms with van der Waals surface area (Å²) in [6, 6.07) is 12.1. The Balaban J connectivity index is 2.50. The van der Waals surface area contributed by atoms with Crippen molar-refractivity contribution in [2.24, 2.45) is 0 Å². The van der Waals surface area contributed by atoms with Crippen LogP contribution in [0.5, 0.6) is 0 Å². The zero-order valence-electron chi connectivity index (χ0n) is 14.6. The van der Waals surface area contributed by atoms with Crippen LogP contribution in [-0.4, -0.2) is 23.9 Å². The molecule has 0 fully saturated rings. The van der Waals surface area contributed by atoms with Gasteiger partial charge in [0.15, 0.2) is 0 Å². The van der Waals surface area contributed by atoms with E-state index in [1.807, 2.05) is 18.4 Å². The van der Waals surface area contributed by atoms with Gasteiger partial charge >= 0.3 is 6.09 Å². The van der Waals surface area contributed by atoms with Crippen LogP contribution in [0, 0.1) is 5.82 Å². The molecule has 0 aliphatic rings. The molecule has 132 valence electrons. The number of hydrogen-bond donors (Lipinski definition) is 0. The number of hydrogen-bond acceptors (Lipinski definition) is 4. The number of para-hydroxylation sites is 1. The van der Waals surface area contributed by atoms with Crippen LogP contribution in [-0.2, 0) is 4.74 Å². The van der Waals surface area contributed by atoms with Gasteiger partial charge in [0.25, 0.3) is 5.91 Å². The van der Waals surface area contributed by atoms with Gasteiger partial charge in [-0.2, -0.15) is 0 Å². The molecule has 2 rings (SSSR count). The molecule has 0 aromatic heterocycles. The van der Waals surface area contributed by atoms with Crippen molar-refractivity contribution in [3.05, 3.63) is 59.9 Å². The number of carbonyl (C=O) groups is 2. The summed E-state index contributed by atoms with van der Waals surface area (Å²) in [5.41, 5.74) is -0.131. The van der Waals surface area contributed by atoms with Gasteiger partial charge < -0.3 is 4.74 Å². The van der Waals surface area contributed by atoms with E-state index in [0.717, 1.165) is 9.80 Å². The Morgan fingerprint density at radius 1 is 1.04 bits per heavy atom. The molecule has 0 radical (unpaired) electrons. The SMILES string of the molecule is CSc1ccccc1N(C(=O)OC(C)(C)C)C(=O)c1ccc(F)cc1. The topological polar surface area (TPSA) is 46.6 Å². The Morgan fingerprint density at radius 3 is 2.20 bits per heavy atom. The second-order valence-corrected chi connectivity index (χ2v) is 7.15. The van der Waals surface area contributed by atoms with Crippen molar-refractivity contribution in [1.29, 1.82) is 0 Å². The Morgan fingerprint density at radius 2 is 1.64 bits per heavy atom. The monoisotopic (exact) mass is 361 g/mol. The maximum atomic E-state index is 13.2. The highest BCUT2D eigenvalue weighted by atomic mass is 32.2. The normalized spacial score (nSPS) is 11.1. The zero-order chi connectivity index (χ0) is 18.6. The van der Waals surface area contributed by atoms with Crippen LogP contribution in [0.2, 0.25) is 0 Å². The molecule has 25 heavy (non-hydrogen) atoms. The van der Waals surface area contributed by atoms with E-state index in [0.29, 0.717) is 5.69 Å². The van der Waals surface area contributed by atoms with Crippen molar-refractivity contribution in [1.82, 2.24) is 0 Å². The van der Waals surface area contributed by atoms with E-state index in [1.165, 1.54) is 36.0 Å². The second kappa shape index (κ2) is 7.70.